The Balaban J connectivity index is 2.06. The highest BCUT2D eigenvalue weighted by Crippen LogP contribution is 2.33. The quantitative estimate of drug-likeness (QED) is 0.692. The summed E-state index contributed by atoms with van der Waals surface area (Å²) in [5.74, 6) is 1.96. The molecule has 6 heteroatoms. The van der Waals surface area contributed by atoms with E-state index in [0.29, 0.717) is 11.5 Å². The fourth-order valence-electron chi connectivity index (χ4n) is 3.00. The predicted molar refractivity (Wildman–Crippen MR) is 106 cm³/mol. The van der Waals surface area contributed by atoms with Crippen molar-refractivity contribution in [1.82, 2.24) is 14.9 Å². The average Bonchev–Trinajstić information content (AvgIpc) is 3.05. The van der Waals surface area contributed by atoms with Gasteiger partial charge in [0.2, 0.25) is 5.91 Å². The largest absolute Gasteiger partial charge is 0.493 e. The zero-order valence-corrected chi connectivity index (χ0v) is 16.2. The summed E-state index contributed by atoms with van der Waals surface area (Å²) in [4.78, 5) is 17.3. The zero-order chi connectivity index (χ0) is 19.4. The first-order valence-corrected chi connectivity index (χ1v) is 9.04. The van der Waals surface area contributed by atoms with E-state index < -0.39 is 0 Å². The molecule has 0 spiro atoms. The summed E-state index contributed by atoms with van der Waals surface area (Å²) in [7, 11) is 3.20. The van der Waals surface area contributed by atoms with Crippen LogP contribution in [0.1, 0.15) is 20.3 Å². The van der Waals surface area contributed by atoms with Crippen LogP contribution < -0.4 is 14.8 Å². The minimum Gasteiger partial charge on any atom is -0.493 e. The van der Waals surface area contributed by atoms with Crippen LogP contribution in [-0.4, -0.2) is 35.7 Å². The minimum atomic E-state index is -0.0331. The van der Waals surface area contributed by atoms with Crippen molar-refractivity contribution < 1.29 is 14.3 Å². The lowest BCUT2D eigenvalue weighted by atomic mass is 10.2. The fraction of sp³-hybridized carbons (Fsp3) is 0.333. The molecule has 1 atom stereocenters. The summed E-state index contributed by atoms with van der Waals surface area (Å²) in [6.45, 7) is 4.25. The molecule has 0 saturated carbocycles. The van der Waals surface area contributed by atoms with Crippen LogP contribution >= 0.6 is 0 Å². The number of aromatic nitrogens is 2. The predicted octanol–water partition coefficient (Wildman–Crippen LogP) is 3.64. The van der Waals surface area contributed by atoms with Crippen LogP contribution in [0, 0.1) is 0 Å². The molecule has 0 fully saturated rings. The van der Waals surface area contributed by atoms with Crippen LogP contribution in [0.4, 0.5) is 0 Å². The molecule has 1 heterocycles. The van der Waals surface area contributed by atoms with Gasteiger partial charge in [-0.15, -0.1) is 0 Å². The third kappa shape index (κ3) is 3.89. The van der Waals surface area contributed by atoms with Gasteiger partial charge in [-0.2, -0.15) is 0 Å². The number of fused-ring (bicyclic) bond motifs is 1. The molecule has 0 aliphatic rings. The molecular weight excluding hydrogens is 342 g/mol. The van der Waals surface area contributed by atoms with Crippen molar-refractivity contribution in [2.75, 3.05) is 14.2 Å². The first-order chi connectivity index (χ1) is 13.1. The van der Waals surface area contributed by atoms with Gasteiger partial charge in [0.05, 0.1) is 25.3 Å². The SMILES string of the molecule is CCC(C)NC(=O)Cn1c(-c2ccc(OC)c(OC)c2)nc2ccccc21. The topological polar surface area (TPSA) is 65.4 Å². The maximum absolute atomic E-state index is 12.5. The van der Waals surface area contributed by atoms with E-state index in [-0.39, 0.29) is 18.5 Å². The molecule has 0 bridgehead atoms. The monoisotopic (exact) mass is 367 g/mol. The van der Waals surface area contributed by atoms with Gasteiger partial charge in [-0.1, -0.05) is 19.1 Å². The standard InChI is InChI=1S/C21H25N3O3/c1-5-14(2)22-20(25)13-24-17-9-7-6-8-16(17)23-21(24)15-10-11-18(26-3)19(12-15)27-4/h6-12,14H,5,13H2,1-4H3,(H,22,25). The second-order valence-electron chi connectivity index (χ2n) is 6.46. The second-order valence-corrected chi connectivity index (χ2v) is 6.46. The van der Waals surface area contributed by atoms with Crippen LogP contribution in [0.2, 0.25) is 0 Å². The second kappa shape index (κ2) is 8.12. The highest BCUT2D eigenvalue weighted by atomic mass is 16.5. The molecule has 3 aromatic rings. The van der Waals surface area contributed by atoms with Gasteiger partial charge < -0.3 is 19.4 Å². The number of amides is 1. The molecule has 0 aliphatic carbocycles. The molecule has 142 valence electrons. The molecule has 6 nitrogen and oxygen atoms in total. The Hall–Kier alpha value is -3.02. The number of imidazole rings is 1. The number of carbonyl (C=O) groups is 1. The summed E-state index contributed by atoms with van der Waals surface area (Å²) < 4.78 is 12.7. The summed E-state index contributed by atoms with van der Waals surface area (Å²) in [6.07, 6.45) is 0.888. The smallest absolute Gasteiger partial charge is 0.240 e. The summed E-state index contributed by atoms with van der Waals surface area (Å²) in [5.41, 5.74) is 2.63. The van der Waals surface area contributed by atoms with Gasteiger partial charge in [0.15, 0.2) is 11.5 Å². The normalized spacial score (nSPS) is 12.0. The van der Waals surface area contributed by atoms with E-state index >= 15 is 0 Å². The number of nitrogens with zero attached hydrogens (tertiary/aromatic N) is 2. The van der Waals surface area contributed by atoms with Crippen LogP contribution in [0.3, 0.4) is 0 Å². The Morgan fingerprint density at radius 1 is 1.15 bits per heavy atom. The molecule has 1 unspecified atom stereocenters. The van der Waals surface area contributed by atoms with Gasteiger partial charge in [0, 0.05) is 11.6 Å². The van der Waals surface area contributed by atoms with Gasteiger partial charge in [-0.05, 0) is 43.7 Å². The number of hydrogen-bond acceptors (Lipinski definition) is 4. The lowest BCUT2D eigenvalue weighted by Crippen LogP contribution is -2.34. The van der Waals surface area contributed by atoms with Gasteiger partial charge in [-0.25, -0.2) is 4.98 Å². The van der Waals surface area contributed by atoms with Crippen molar-refractivity contribution in [2.45, 2.75) is 32.9 Å². The summed E-state index contributed by atoms with van der Waals surface area (Å²) in [6, 6.07) is 13.6. The molecule has 0 radical (unpaired) electrons. The molecule has 3 rings (SSSR count). The maximum atomic E-state index is 12.5. The first-order valence-electron chi connectivity index (χ1n) is 9.04. The molecule has 1 N–H and O–H groups in total. The summed E-state index contributed by atoms with van der Waals surface area (Å²) >= 11 is 0. The van der Waals surface area contributed by atoms with E-state index in [4.69, 9.17) is 14.5 Å². The van der Waals surface area contributed by atoms with E-state index in [1.54, 1.807) is 14.2 Å². The number of para-hydroxylation sites is 2. The van der Waals surface area contributed by atoms with Gasteiger partial charge in [0.1, 0.15) is 12.4 Å². The Labute approximate surface area is 159 Å². The first kappa shape index (κ1) is 18.8. The lowest BCUT2D eigenvalue weighted by molar-refractivity contribution is -0.122. The number of benzene rings is 2. The van der Waals surface area contributed by atoms with Crippen LogP contribution in [0.5, 0.6) is 11.5 Å². The molecular formula is C21H25N3O3. The van der Waals surface area contributed by atoms with Crippen molar-refractivity contribution in [2.24, 2.45) is 0 Å². The van der Waals surface area contributed by atoms with Crippen molar-refractivity contribution in [3.8, 4) is 22.9 Å². The molecule has 1 aromatic heterocycles. The number of carbonyl (C=O) groups excluding carboxylic acids is 1. The van der Waals surface area contributed by atoms with Crippen LogP contribution in [0.15, 0.2) is 42.5 Å². The van der Waals surface area contributed by atoms with E-state index in [1.165, 1.54) is 0 Å². The van der Waals surface area contributed by atoms with Gasteiger partial charge >= 0.3 is 0 Å². The van der Waals surface area contributed by atoms with E-state index in [1.807, 2.05) is 60.9 Å². The van der Waals surface area contributed by atoms with Gasteiger partial charge in [-0.3, -0.25) is 4.79 Å². The Kier molecular flexibility index (Phi) is 5.64. The average molecular weight is 367 g/mol. The van der Waals surface area contributed by atoms with Gasteiger partial charge in [0.25, 0.3) is 0 Å². The molecule has 2 aromatic carbocycles. The van der Waals surface area contributed by atoms with Crippen molar-refractivity contribution in [3.05, 3.63) is 42.5 Å². The van der Waals surface area contributed by atoms with E-state index in [2.05, 4.69) is 5.32 Å². The molecule has 27 heavy (non-hydrogen) atoms. The maximum Gasteiger partial charge on any atom is 0.240 e. The summed E-state index contributed by atoms with van der Waals surface area (Å²) in [5, 5.41) is 3.02. The molecule has 1 amide bonds. The number of methoxy groups -OCH3 is 2. The number of nitrogens with one attached hydrogen (secondary N) is 1. The zero-order valence-electron chi connectivity index (χ0n) is 16.2. The highest BCUT2D eigenvalue weighted by Gasteiger charge is 2.17. The molecule has 0 saturated heterocycles. The lowest BCUT2D eigenvalue weighted by Gasteiger charge is -2.14. The van der Waals surface area contributed by atoms with E-state index in [9.17, 15) is 4.79 Å². The highest BCUT2D eigenvalue weighted by molar-refractivity contribution is 5.84. The third-order valence-electron chi connectivity index (χ3n) is 4.62. The van der Waals surface area contributed by atoms with Crippen molar-refractivity contribution in [1.29, 1.82) is 0 Å². The Bertz CT molecular complexity index is 949. The van der Waals surface area contributed by atoms with Crippen LogP contribution in [0.25, 0.3) is 22.4 Å². The number of hydrogen-bond donors (Lipinski definition) is 1. The number of ether oxygens (including phenoxy) is 2. The Morgan fingerprint density at radius 2 is 1.89 bits per heavy atom. The van der Waals surface area contributed by atoms with Crippen molar-refractivity contribution >= 4 is 16.9 Å². The number of rotatable bonds is 7. The Morgan fingerprint density at radius 3 is 2.59 bits per heavy atom. The fourth-order valence-corrected chi connectivity index (χ4v) is 3.00. The minimum absolute atomic E-state index is 0.0331. The van der Waals surface area contributed by atoms with Crippen LogP contribution in [-0.2, 0) is 11.3 Å². The van der Waals surface area contributed by atoms with E-state index in [0.717, 1.165) is 28.8 Å². The third-order valence-corrected chi connectivity index (χ3v) is 4.62. The molecule has 0 aliphatic heterocycles. The van der Waals surface area contributed by atoms with Crippen molar-refractivity contribution in [3.63, 3.8) is 0 Å².